The molecule has 8 heteroatoms. The molecular formula is C23H24N3O5+. The van der Waals surface area contributed by atoms with E-state index in [1.165, 1.54) is 6.07 Å². The Hall–Kier alpha value is -3.49. The highest BCUT2D eigenvalue weighted by Gasteiger charge is 2.17. The maximum absolute atomic E-state index is 12.4. The van der Waals surface area contributed by atoms with Gasteiger partial charge in [0.2, 0.25) is 0 Å². The number of ether oxygens (including phenoxy) is 2. The van der Waals surface area contributed by atoms with E-state index < -0.39 is 5.63 Å². The molecule has 0 saturated carbocycles. The van der Waals surface area contributed by atoms with Crippen molar-refractivity contribution in [2.45, 2.75) is 13.1 Å². The van der Waals surface area contributed by atoms with E-state index >= 15 is 0 Å². The molecule has 4 rings (SSSR count). The average molecular weight is 422 g/mol. The van der Waals surface area contributed by atoms with Crippen LogP contribution in [0.1, 0.15) is 11.4 Å². The van der Waals surface area contributed by atoms with Crippen molar-refractivity contribution in [3.05, 3.63) is 80.7 Å². The van der Waals surface area contributed by atoms with Crippen molar-refractivity contribution in [1.29, 1.82) is 0 Å². The monoisotopic (exact) mass is 422 g/mol. The van der Waals surface area contributed by atoms with Gasteiger partial charge in [0.05, 0.1) is 24.6 Å². The number of methoxy groups -OCH3 is 2. The Labute approximate surface area is 178 Å². The van der Waals surface area contributed by atoms with Gasteiger partial charge in [0.1, 0.15) is 31.0 Å². The Morgan fingerprint density at radius 3 is 2.68 bits per heavy atom. The summed E-state index contributed by atoms with van der Waals surface area (Å²) in [5, 5.41) is 1.40. The van der Waals surface area contributed by atoms with Gasteiger partial charge in [-0.2, -0.15) is 0 Å². The maximum Gasteiger partial charge on any atom is 0.336 e. The van der Waals surface area contributed by atoms with Crippen LogP contribution in [0.4, 0.5) is 0 Å². The van der Waals surface area contributed by atoms with Gasteiger partial charge in [-0.1, -0.05) is 12.1 Å². The summed E-state index contributed by atoms with van der Waals surface area (Å²) < 4.78 is 15.9. The molecule has 0 saturated heterocycles. The largest absolute Gasteiger partial charge is 0.497 e. The van der Waals surface area contributed by atoms with Gasteiger partial charge >= 0.3 is 5.63 Å². The summed E-state index contributed by atoms with van der Waals surface area (Å²) >= 11 is 0. The van der Waals surface area contributed by atoms with E-state index in [9.17, 15) is 9.59 Å². The van der Waals surface area contributed by atoms with Gasteiger partial charge in [-0.3, -0.25) is 4.79 Å². The van der Waals surface area contributed by atoms with E-state index in [-0.39, 0.29) is 5.56 Å². The quantitative estimate of drug-likeness (QED) is 0.415. The highest BCUT2D eigenvalue weighted by Crippen LogP contribution is 2.22. The molecule has 2 heterocycles. The first-order chi connectivity index (χ1) is 15.1. The lowest BCUT2D eigenvalue weighted by molar-refractivity contribution is -0.928. The number of benzene rings is 2. The summed E-state index contributed by atoms with van der Waals surface area (Å²) in [5.74, 6) is 1.21. The van der Waals surface area contributed by atoms with Crippen molar-refractivity contribution in [3.63, 3.8) is 0 Å². The molecule has 0 aliphatic heterocycles. The van der Waals surface area contributed by atoms with Gasteiger partial charge in [0.15, 0.2) is 5.82 Å². The van der Waals surface area contributed by atoms with E-state index in [4.69, 9.17) is 13.9 Å². The maximum atomic E-state index is 12.4. The van der Waals surface area contributed by atoms with Crippen LogP contribution in [-0.2, 0) is 17.8 Å². The molecule has 2 aromatic carbocycles. The molecule has 0 aliphatic rings. The van der Waals surface area contributed by atoms with Crippen molar-refractivity contribution in [2.75, 3.05) is 27.4 Å². The fourth-order valence-corrected chi connectivity index (χ4v) is 3.69. The van der Waals surface area contributed by atoms with E-state index in [0.717, 1.165) is 15.8 Å². The molecule has 0 bridgehead atoms. The number of rotatable bonds is 8. The number of aromatic amines is 1. The summed E-state index contributed by atoms with van der Waals surface area (Å²) in [6.45, 7) is 2.21. The van der Waals surface area contributed by atoms with Gasteiger partial charge in [-0.05, 0) is 24.3 Å². The number of H-pyrrole nitrogens is 1. The summed E-state index contributed by atoms with van der Waals surface area (Å²) in [5.41, 5.74) is 1.40. The number of aromatic nitrogens is 2. The van der Waals surface area contributed by atoms with Crippen LogP contribution in [0.3, 0.4) is 0 Å². The van der Waals surface area contributed by atoms with Gasteiger partial charge in [-0.15, -0.1) is 0 Å². The molecule has 0 fully saturated rings. The number of nitrogens with zero attached hydrogens (tertiary/aromatic N) is 1. The van der Waals surface area contributed by atoms with Gasteiger partial charge in [-0.25, -0.2) is 9.78 Å². The van der Waals surface area contributed by atoms with Crippen molar-refractivity contribution < 1.29 is 18.8 Å². The molecule has 0 amide bonds. The summed E-state index contributed by atoms with van der Waals surface area (Å²) in [4.78, 5) is 33.2. The zero-order valence-corrected chi connectivity index (χ0v) is 17.4. The lowest BCUT2D eigenvalue weighted by atomic mass is 10.1. The molecule has 0 radical (unpaired) electrons. The van der Waals surface area contributed by atoms with E-state index in [0.29, 0.717) is 54.3 Å². The number of hydrogen-bond acceptors (Lipinski definition) is 6. The van der Waals surface area contributed by atoms with Gasteiger partial charge in [0, 0.05) is 30.2 Å². The normalized spacial score (nSPS) is 12.3. The molecule has 0 aliphatic carbocycles. The predicted octanol–water partition coefficient (Wildman–Crippen LogP) is 1.27. The molecule has 31 heavy (non-hydrogen) atoms. The third-order valence-electron chi connectivity index (χ3n) is 5.22. The number of quaternary nitrogens is 1. The van der Waals surface area contributed by atoms with Crippen LogP contribution in [0.5, 0.6) is 5.75 Å². The molecule has 160 valence electrons. The lowest BCUT2D eigenvalue weighted by Gasteiger charge is -2.19. The standard InChI is InChI=1S/C23H23N3O5/c1-29-10-9-26(14-21-24-19-6-4-3-5-18(19)23(28)25-21)13-15-11-22(27)31-20-12-16(30-2)7-8-17(15)20/h3-8,11-12H,9-10,13-14H2,1-2H3,(H,24,25,28)/p+1. The second kappa shape index (κ2) is 9.11. The summed E-state index contributed by atoms with van der Waals surface area (Å²) in [7, 11) is 3.21. The Kier molecular flexibility index (Phi) is 6.11. The molecule has 0 spiro atoms. The Balaban J connectivity index is 1.68. The van der Waals surface area contributed by atoms with Crippen LogP contribution in [0.25, 0.3) is 21.9 Å². The van der Waals surface area contributed by atoms with E-state index in [2.05, 4.69) is 9.97 Å². The van der Waals surface area contributed by atoms with E-state index in [1.54, 1.807) is 26.4 Å². The molecule has 4 aromatic rings. The third-order valence-corrected chi connectivity index (χ3v) is 5.22. The zero-order valence-electron chi connectivity index (χ0n) is 17.4. The predicted molar refractivity (Wildman–Crippen MR) is 117 cm³/mol. The first-order valence-corrected chi connectivity index (χ1v) is 9.98. The van der Waals surface area contributed by atoms with Crippen molar-refractivity contribution >= 4 is 21.9 Å². The molecule has 1 atom stereocenters. The minimum absolute atomic E-state index is 0.162. The lowest BCUT2D eigenvalue weighted by Crippen LogP contribution is -3.10. The van der Waals surface area contributed by atoms with Crippen LogP contribution in [-0.4, -0.2) is 37.3 Å². The van der Waals surface area contributed by atoms with Crippen LogP contribution in [0.2, 0.25) is 0 Å². The first-order valence-electron chi connectivity index (χ1n) is 9.98. The van der Waals surface area contributed by atoms with E-state index in [1.807, 2.05) is 30.3 Å². The number of hydrogen-bond donors (Lipinski definition) is 2. The number of para-hydroxylation sites is 1. The number of nitrogens with one attached hydrogen (secondary N) is 2. The fourth-order valence-electron chi connectivity index (χ4n) is 3.69. The fraction of sp³-hybridized carbons (Fsp3) is 0.261. The molecule has 1 unspecified atom stereocenters. The highest BCUT2D eigenvalue weighted by molar-refractivity contribution is 5.81. The molecule has 2 aromatic heterocycles. The second-order valence-electron chi connectivity index (χ2n) is 7.33. The summed E-state index contributed by atoms with van der Waals surface area (Å²) in [6, 6.07) is 14.2. The highest BCUT2D eigenvalue weighted by atomic mass is 16.5. The zero-order chi connectivity index (χ0) is 21.8. The third kappa shape index (κ3) is 4.65. The minimum atomic E-state index is -0.418. The van der Waals surface area contributed by atoms with Gasteiger partial charge in [0.25, 0.3) is 5.56 Å². The topological polar surface area (TPSA) is 98.9 Å². The SMILES string of the molecule is COCC[NH+](Cc1nc2ccccc2c(=O)[nH]1)Cc1cc(=O)oc2cc(OC)ccc12. The molecule has 8 nitrogen and oxygen atoms in total. The molecular weight excluding hydrogens is 398 g/mol. The van der Waals surface area contributed by atoms with Crippen molar-refractivity contribution in [3.8, 4) is 5.75 Å². The second-order valence-corrected chi connectivity index (χ2v) is 7.33. The van der Waals surface area contributed by atoms with Crippen LogP contribution >= 0.6 is 0 Å². The van der Waals surface area contributed by atoms with Crippen molar-refractivity contribution in [2.24, 2.45) is 0 Å². The number of fused-ring (bicyclic) bond motifs is 2. The van der Waals surface area contributed by atoms with Crippen LogP contribution in [0, 0.1) is 0 Å². The smallest absolute Gasteiger partial charge is 0.336 e. The average Bonchev–Trinajstić information content (AvgIpc) is 2.77. The van der Waals surface area contributed by atoms with Gasteiger partial charge < -0.3 is 23.8 Å². The Morgan fingerprint density at radius 2 is 1.87 bits per heavy atom. The minimum Gasteiger partial charge on any atom is -0.497 e. The van der Waals surface area contributed by atoms with Crippen molar-refractivity contribution in [1.82, 2.24) is 9.97 Å². The molecule has 2 N–H and O–H groups in total. The Bertz CT molecular complexity index is 1330. The first kappa shape index (κ1) is 20.8. The Morgan fingerprint density at radius 1 is 1.03 bits per heavy atom. The van der Waals surface area contributed by atoms with Crippen LogP contribution in [0.15, 0.2) is 62.5 Å². The van der Waals surface area contributed by atoms with Crippen LogP contribution < -0.4 is 20.8 Å². The summed E-state index contributed by atoms with van der Waals surface area (Å²) in [6.07, 6.45) is 0.